The van der Waals surface area contributed by atoms with E-state index in [2.05, 4.69) is 14.9 Å². The normalized spacial score (nSPS) is 15.4. The number of hydrogen-bond donors (Lipinski definition) is 1. The van der Waals surface area contributed by atoms with Gasteiger partial charge in [-0.2, -0.15) is 0 Å². The van der Waals surface area contributed by atoms with Crippen molar-refractivity contribution in [2.24, 2.45) is 5.92 Å². The number of carboxylic acids is 1. The molecule has 0 atom stereocenters. The molecule has 1 aromatic rings. The van der Waals surface area contributed by atoms with Gasteiger partial charge < -0.3 is 10.0 Å². The minimum atomic E-state index is -0.963. The predicted molar refractivity (Wildman–Crippen MR) is 58.0 cm³/mol. The molecule has 1 fully saturated rings. The molecule has 16 heavy (non-hydrogen) atoms. The molecule has 0 spiro atoms. The fraction of sp³-hybridized carbons (Fsp3) is 0.545. The van der Waals surface area contributed by atoms with Crippen LogP contribution in [0.15, 0.2) is 12.5 Å². The van der Waals surface area contributed by atoms with E-state index in [0.717, 1.165) is 12.5 Å². The van der Waals surface area contributed by atoms with Gasteiger partial charge in [0.25, 0.3) is 0 Å². The van der Waals surface area contributed by atoms with Crippen molar-refractivity contribution in [3.05, 3.63) is 23.8 Å². The van der Waals surface area contributed by atoms with Gasteiger partial charge in [0, 0.05) is 19.3 Å². The average Bonchev–Trinajstić information content (AvgIpc) is 3.02. The minimum absolute atomic E-state index is 0.199. The molecule has 5 nitrogen and oxygen atoms in total. The molecule has 1 N–H and O–H groups in total. The van der Waals surface area contributed by atoms with Crippen LogP contribution in [-0.2, 0) is 6.54 Å². The summed E-state index contributed by atoms with van der Waals surface area (Å²) in [6, 6.07) is 0. The molecule has 86 valence electrons. The molecule has 2 rings (SSSR count). The highest BCUT2D eigenvalue weighted by Gasteiger charge is 2.23. The first-order valence-corrected chi connectivity index (χ1v) is 5.37. The van der Waals surface area contributed by atoms with E-state index in [9.17, 15) is 4.79 Å². The zero-order valence-electron chi connectivity index (χ0n) is 9.26. The Balaban J connectivity index is 2.04. The molecule has 1 aliphatic rings. The minimum Gasteiger partial charge on any atom is -0.478 e. The average molecular weight is 221 g/mol. The van der Waals surface area contributed by atoms with Gasteiger partial charge in [0.2, 0.25) is 0 Å². The van der Waals surface area contributed by atoms with Crippen molar-refractivity contribution in [1.29, 1.82) is 0 Å². The van der Waals surface area contributed by atoms with Crippen molar-refractivity contribution in [1.82, 2.24) is 14.9 Å². The summed E-state index contributed by atoms with van der Waals surface area (Å²) in [6.45, 7) is 1.59. The fourth-order valence-corrected chi connectivity index (χ4v) is 1.72. The Labute approximate surface area is 94.1 Å². The summed E-state index contributed by atoms with van der Waals surface area (Å²) in [5, 5.41) is 8.97. The van der Waals surface area contributed by atoms with E-state index in [1.54, 1.807) is 0 Å². The van der Waals surface area contributed by atoms with Crippen LogP contribution >= 0.6 is 0 Å². The number of rotatable bonds is 5. The third-order valence-electron chi connectivity index (χ3n) is 2.71. The first-order valence-electron chi connectivity index (χ1n) is 5.37. The lowest BCUT2D eigenvalue weighted by atomic mass is 10.2. The van der Waals surface area contributed by atoms with Crippen molar-refractivity contribution in [2.75, 3.05) is 13.6 Å². The summed E-state index contributed by atoms with van der Waals surface area (Å²) >= 11 is 0. The summed E-state index contributed by atoms with van der Waals surface area (Å²) in [5.74, 6) is -0.171. The van der Waals surface area contributed by atoms with Crippen molar-refractivity contribution in [2.45, 2.75) is 19.4 Å². The third kappa shape index (κ3) is 2.76. The zero-order valence-corrected chi connectivity index (χ0v) is 9.26. The number of carbonyl (C=O) groups is 1. The molecule has 0 aromatic carbocycles. The number of carboxylic acid groups (broad SMARTS) is 1. The molecule has 0 amide bonds. The maximum Gasteiger partial charge on any atom is 0.339 e. The van der Waals surface area contributed by atoms with Gasteiger partial charge in [0.05, 0.1) is 5.69 Å². The van der Waals surface area contributed by atoms with Crippen LogP contribution in [0.25, 0.3) is 0 Å². The standard InChI is InChI=1S/C11H15N3O2/c1-14(5-8-2-3-8)6-10-9(11(15)16)4-12-7-13-10/h4,7-8H,2-3,5-6H2,1H3,(H,15,16). The quantitative estimate of drug-likeness (QED) is 0.804. The zero-order chi connectivity index (χ0) is 11.5. The third-order valence-corrected chi connectivity index (χ3v) is 2.71. The molecule has 0 saturated heterocycles. The summed E-state index contributed by atoms with van der Waals surface area (Å²) < 4.78 is 0. The maximum absolute atomic E-state index is 10.9. The molecule has 0 bridgehead atoms. The Morgan fingerprint density at radius 1 is 1.62 bits per heavy atom. The molecule has 1 heterocycles. The van der Waals surface area contributed by atoms with Crippen LogP contribution in [0.1, 0.15) is 28.9 Å². The van der Waals surface area contributed by atoms with Crippen molar-refractivity contribution < 1.29 is 9.90 Å². The molecular formula is C11H15N3O2. The Morgan fingerprint density at radius 2 is 2.38 bits per heavy atom. The summed E-state index contributed by atoms with van der Waals surface area (Å²) in [4.78, 5) is 20.8. The van der Waals surface area contributed by atoms with Gasteiger partial charge in [-0.25, -0.2) is 14.8 Å². The number of aromatic nitrogens is 2. The van der Waals surface area contributed by atoms with Crippen LogP contribution in [-0.4, -0.2) is 39.5 Å². The van der Waals surface area contributed by atoms with Crippen LogP contribution in [0.3, 0.4) is 0 Å². The monoisotopic (exact) mass is 221 g/mol. The smallest absolute Gasteiger partial charge is 0.339 e. The Hall–Kier alpha value is -1.49. The molecule has 1 saturated carbocycles. The second-order valence-corrected chi connectivity index (χ2v) is 4.33. The van der Waals surface area contributed by atoms with Crippen LogP contribution in [0.5, 0.6) is 0 Å². The van der Waals surface area contributed by atoms with Gasteiger partial charge in [-0.05, 0) is 25.8 Å². The highest BCUT2D eigenvalue weighted by atomic mass is 16.4. The van der Waals surface area contributed by atoms with Gasteiger partial charge in [-0.3, -0.25) is 0 Å². The van der Waals surface area contributed by atoms with E-state index >= 15 is 0 Å². The lowest BCUT2D eigenvalue weighted by Crippen LogP contribution is -2.22. The second kappa shape index (κ2) is 4.57. The van der Waals surface area contributed by atoms with Gasteiger partial charge in [-0.1, -0.05) is 0 Å². The van der Waals surface area contributed by atoms with Crippen LogP contribution in [0.4, 0.5) is 0 Å². The van der Waals surface area contributed by atoms with Crippen molar-refractivity contribution in [3.8, 4) is 0 Å². The number of aromatic carboxylic acids is 1. The first kappa shape index (κ1) is 11.0. The van der Waals surface area contributed by atoms with E-state index in [1.165, 1.54) is 25.4 Å². The highest BCUT2D eigenvalue weighted by molar-refractivity contribution is 5.88. The molecule has 1 aliphatic carbocycles. The second-order valence-electron chi connectivity index (χ2n) is 4.33. The SMILES string of the molecule is CN(Cc1ncncc1C(=O)O)CC1CC1. The van der Waals surface area contributed by atoms with Gasteiger partial charge in [0.1, 0.15) is 11.9 Å². The van der Waals surface area contributed by atoms with E-state index in [4.69, 9.17) is 5.11 Å². The lowest BCUT2D eigenvalue weighted by molar-refractivity contribution is 0.0693. The molecule has 0 unspecified atom stereocenters. The van der Waals surface area contributed by atoms with Crippen LogP contribution in [0.2, 0.25) is 0 Å². The van der Waals surface area contributed by atoms with Gasteiger partial charge in [0.15, 0.2) is 0 Å². The highest BCUT2D eigenvalue weighted by Crippen LogP contribution is 2.29. The topological polar surface area (TPSA) is 66.3 Å². The first-order chi connectivity index (χ1) is 7.66. The predicted octanol–water partition coefficient (Wildman–Crippen LogP) is 1.02. The van der Waals surface area contributed by atoms with E-state index in [1.807, 2.05) is 7.05 Å². The van der Waals surface area contributed by atoms with Crippen LogP contribution in [0, 0.1) is 5.92 Å². The lowest BCUT2D eigenvalue weighted by Gasteiger charge is -2.16. The summed E-state index contributed by atoms with van der Waals surface area (Å²) in [6.07, 6.45) is 5.34. The fourth-order valence-electron chi connectivity index (χ4n) is 1.72. The Bertz CT molecular complexity index is 391. The van der Waals surface area contributed by atoms with Crippen LogP contribution < -0.4 is 0 Å². The Kier molecular flexibility index (Phi) is 3.14. The van der Waals surface area contributed by atoms with Gasteiger partial charge >= 0.3 is 5.97 Å². The number of hydrogen-bond acceptors (Lipinski definition) is 4. The Morgan fingerprint density at radius 3 is 3.00 bits per heavy atom. The summed E-state index contributed by atoms with van der Waals surface area (Å²) in [5.41, 5.74) is 0.788. The molecule has 0 aliphatic heterocycles. The number of nitrogens with zero attached hydrogens (tertiary/aromatic N) is 3. The molecule has 0 radical (unpaired) electrons. The van der Waals surface area contributed by atoms with E-state index in [-0.39, 0.29) is 5.56 Å². The van der Waals surface area contributed by atoms with E-state index in [0.29, 0.717) is 12.2 Å². The largest absolute Gasteiger partial charge is 0.478 e. The van der Waals surface area contributed by atoms with Crippen molar-refractivity contribution in [3.63, 3.8) is 0 Å². The summed E-state index contributed by atoms with van der Waals surface area (Å²) in [7, 11) is 1.99. The van der Waals surface area contributed by atoms with Gasteiger partial charge in [-0.15, -0.1) is 0 Å². The molecule has 5 heteroatoms. The molecule has 1 aromatic heterocycles. The maximum atomic E-state index is 10.9. The van der Waals surface area contributed by atoms with E-state index < -0.39 is 5.97 Å². The molecular weight excluding hydrogens is 206 g/mol. The van der Waals surface area contributed by atoms with Crippen molar-refractivity contribution >= 4 is 5.97 Å².